The van der Waals surface area contributed by atoms with Gasteiger partial charge in [0.1, 0.15) is 0 Å². The van der Waals surface area contributed by atoms with Gasteiger partial charge in [0.2, 0.25) is 0 Å². The van der Waals surface area contributed by atoms with Gasteiger partial charge in [0, 0.05) is 35.5 Å². The van der Waals surface area contributed by atoms with Crippen LogP contribution in [0, 0.1) is 9.81 Å². The number of nitroso groups, excluding NO2 is 2. The van der Waals surface area contributed by atoms with E-state index in [1.807, 2.05) is 0 Å². The third kappa shape index (κ3) is 9.21. The average molecular weight is 316 g/mol. The van der Waals surface area contributed by atoms with E-state index in [9.17, 15) is 9.81 Å². The van der Waals surface area contributed by atoms with Gasteiger partial charge in [-0.25, -0.2) is 0 Å². The molecule has 2 rings (SSSR count). The molecule has 0 aliphatic carbocycles. The van der Waals surface area contributed by atoms with Crippen LogP contribution in [0.5, 0.6) is 0 Å². The minimum absolute atomic E-state index is 0. The molecule has 0 spiro atoms. The fraction of sp³-hybridized carbons (Fsp3) is 1.00. The highest BCUT2D eigenvalue weighted by atomic mass is 79.9. The summed E-state index contributed by atoms with van der Waals surface area (Å²) in [7, 11) is 0. The van der Waals surface area contributed by atoms with Gasteiger partial charge in [0.05, 0.1) is 0 Å². The van der Waals surface area contributed by atoms with Crippen molar-refractivity contribution in [2.24, 2.45) is 0 Å². The van der Waals surface area contributed by atoms with Crippen molar-refractivity contribution in [1.29, 1.82) is 0 Å². The minimum atomic E-state index is 0. The molecule has 6 heteroatoms. The zero-order chi connectivity index (χ0) is 10.2. The zero-order valence-corrected chi connectivity index (χ0v) is 11.9. The van der Waals surface area contributed by atoms with Gasteiger partial charge < -0.3 is 29.4 Å². The monoisotopic (exact) mass is 314 g/mol. The van der Waals surface area contributed by atoms with E-state index in [1.54, 1.807) is 0 Å². The summed E-state index contributed by atoms with van der Waals surface area (Å²) in [5.41, 5.74) is 0. The number of hydrogen-bond acceptors (Lipinski definition) is 2. The van der Waals surface area contributed by atoms with Gasteiger partial charge in [-0.05, 0) is 22.4 Å². The molecule has 4 nitrogen and oxygen atoms in total. The lowest BCUT2D eigenvalue weighted by Crippen LogP contribution is -3.00. The summed E-state index contributed by atoms with van der Waals surface area (Å²) in [5.74, 6) is 0. The molecular formula is C10H20BrClN2O2. The second-order valence-corrected chi connectivity index (χ2v) is 3.98. The number of hydrogen-bond donors (Lipinski definition) is 0. The first-order valence-electron chi connectivity index (χ1n) is 5.63. The van der Waals surface area contributed by atoms with Gasteiger partial charge in [0.25, 0.3) is 0 Å². The average Bonchev–Trinajstić information content (AvgIpc) is 2.21. The molecule has 2 saturated heterocycles. The first-order valence-corrected chi connectivity index (χ1v) is 5.63. The van der Waals surface area contributed by atoms with E-state index in [4.69, 9.17) is 0 Å². The van der Waals surface area contributed by atoms with Crippen LogP contribution in [-0.4, -0.2) is 35.7 Å². The zero-order valence-electron chi connectivity index (χ0n) is 9.54. The maximum atomic E-state index is 10.4. The Balaban J connectivity index is 0. The van der Waals surface area contributed by atoms with Crippen molar-refractivity contribution in [2.75, 3.05) is 26.2 Å². The highest BCUT2D eigenvalue weighted by Crippen LogP contribution is 2.02. The fourth-order valence-corrected chi connectivity index (χ4v) is 1.73. The second-order valence-electron chi connectivity index (χ2n) is 3.98. The molecule has 0 N–H and O–H groups in total. The summed E-state index contributed by atoms with van der Waals surface area (Å²) in [4.78, 5) is 20.8. The van der Waals surface area contributed by atoms with Crippen LogP contribution >= 0.6 is 0 Å². The van der Waals surface area contributed by atoms with Crippen LogP contribution in [0.25, 0.3) is 0 Å². The molecule has 0 bridgehead atoms. The Morgan fingerprint density at radius 3 is 0.938 bits per heavy atom. The summed E-state index contributed by atoms with van der Waals surface area (Å²) in [6, 6.07) is 0. The number of rotatable bonds is 0. The van der Waals surface area contributed by atoms with Gasteiger partial charge in [-0.1, -0.05) is 0 Å². The molecule has 2 fully saturated rings. The largest absolute Gasteiger partial charge is 1.00 e. The smallest absolute Gasteiger partial charge is 0.192 e. The van der Waals surface area contributed by atoms with Crippen LogP contribution in [0.2, 0.25) is 0 Å². The van der Waals surface area contributed by atoms with Gasteiger partial charge in [-0.15, -0.1) is 0 Å². The third-order valence-electron chi connectivity index (χ3n) is 2.63. The lowest BCUT2D eigenvalue weighted by molar-refractivity contribution is -0.557. The molecular weight excluding hydrogens is 295 g/mol. The van der Waals surface area contributed by atoms with Crippen molar-refractivity contribution in [1.82, 2.24) is 0 Å². The van der Waals surface area contributed by atoms with Crippen molar-refractivity contribution in [3.8, 4) is 0 Å². The molecule has 0 amide bonds. The van der Waals surface area contributed by atoms with E-state index in [0.29, 0.717) is 0 Å². The molecule has 2 aliphatic heterocycles. The molecule has 0 aromatic rings. The van der Waals surface area contributed by atoms with Crippen LogP contribution in [0.4, 0.5) is 0 Å². The summed E-state index contributed by atoms with van der Waals surface area (Å²) in [5, 5.41) is 0. The molecule has 0 radical (unpaired) electrons. The Morgan fingerprint density at radius 2 is 0.812 bits per heavy atom. The van der Waals surface area contributed by atoms with Crippen molar-refractivity contribution in [3.05, 3.63) is 9.81 Å². The Hall–Kier alpha value is -0.0300. The van der Waals surface area contributed by atoms with Crippen LogP contribution in [0.15, 0.2) is 0 Å². The maximum Gasteiger partial charge on any atom is 0.192 e. The minimum Gasteiger partial charge on any atom is -1.00 e. The van der Waals surface area contributed by atoms with E-state index < -0.39 is 0 Å². The Labute approximate surface area is 113 Å². The van der Waals surface area contributed by atoms with Crippen molar-refractivity contribution in [3.63, 3.8) is 0 Å². The van der Waals surface area contributed by atoms with E-state index in [1.165, 1.54) is 12.8 Å². The molecule has 0 unspecified atom stereocenters. The van der Waals surface area contributed by atoms with E-state index in [-0.39, 0.29) is 29.4 Å². The van der Waals surface area contributed by atoms with Crippen LogP contribution in [0.3, 0.4) is 0 Å². The number of nitrogens with zero attached hydrogens (tertiary/aromatic N) is 2. The highest BCUT2D eigenvalue weighted by Gasteiger charge is 2.12. The first-order chi connectivity index (χ1) is 6.79. The predicted molar refractivity (Wildman–Crippen MR) is 54.4 cm³/mol. The van der Waals surface area contributed by atoms with Crippen molar-refractivity contribution >= 4 is 0 Å². The van der Waals surface area contributed by atoms with Crippen molar-refractivity contribution in [2.45, 2.75) is 38.5 Å². The van der Waals surface area contributed by atoms with Crippen LogP contribution < -0.4 is 29.4 Å². The van der Waals surface area contributed by atoms with Gasteiger partial charge in [-0.2, -0.15) is 0 Å². The molecule has 96 valence electrons. The van der Waals surface area contributed by atoms with E-state index >= 15 is 0 Å². The fourth-order valence-electron chi connectivity index (χ4n) is 1.73. The molecule has 2 aliphatic rings. The molecule has 16 heavy (non-hydrogen) atoms. The van der Waals surface area contributed by atoms with Crippen LogP contribution in [0.1, 0.15) is 38.5 Å². The van der Waals surface area contributed by atoms with Gasteiger partial charge in [0.15, 0.2) is 26.2 Å². The SMILES string of the molecule is O=[N+]1CCCCC1.O=[N+]1CCCCC1.[Br-].[Cl-]. The van der Waals surface area contributed by atoms with Crippen LogP contribution in [-0.2, 0) is 0 Å². The quantitative estimate of drug-likeness (QED) is 0.427. The number of piperidine rings is 2. The molecule has 0 atom stereocenters. The molecule has 0 saturated carbocycles. The van der Waals surface area contributed by atoms with E-state index in [0.717, 1.165) is 61.4 Å². The lowest BCUT2D eigenvalue weighted by Gasteiger charge is -1.99. The Bertz CT molecular complexity index is 177. The lowest BCUT2D eigenvalue weighted by atomic mass is 10.2. The van der Waals surface area contributed by atoms with Gasteiger partial charge >= 0.3 is 0 Å². The summed E-state index contributed by atoms with van der Waals surface area (Å²) < 4.78 is 2.28. The summed E-state index contributed by atoms with van der Waals surface area (Å²) >= 11 is 0. The normalized spacial score (nSPS) is 19.8. The topological polar surface area (TPSA) is 40.2 Å². The first kappa shape index (κ1) is 18.3. The highest BCUT2D eigenvalue weighted by molar-refractivity contribution is 4.44. The summed E-state index contributed by atoms with van der Waals surface area (Å²) in [6.07, 6.45) is 6.90. The Kier molecular flexibility index (Phi) is 13.1. The summed E-state index contributed by atoms with van der Waals surface area (Å²) in [6.45, 7) is 3.06. The third-order valence-corrected chi connectivity index (χ3v) is 2.63. The molecule has 0 aromatic heterocycles. The Morgan fingerprint density at radius 1 is 0.562 bits per heavy atom. The maximum absolute atomic E-state index is 10.4. The van der Waals surface area contributed by atoms with Crippen molar-refractivity contribution < 1.29 is 38.9 Å². The second kappa shape index (κ2) is 11.5. The predicted octanol–water partition coefficient (Wildman–Crippen LogP) is -4.09. The standard InChI is InChI=1S/2C5H10NO.BrH.ClH/c2*7-6-4-2-1-3-5-6;;/h2*1-5H2;2*1H/q2*+1;;/p-2. The van der Waals surface area contributed by atoms with E-state index in [2.05, 4.69) is 0 Å². The van der Waals surface area contributed by atoms with Gasteiger partial charge in [-0.3, -0.25) is 0 Å². The molecule has 2 heterocycles. The number of halogens is 2. The molecule has 0 aromatic carbocycles.